The van der Waals surface area contributed by atoms with Crippen LogP contribution in [-0.4, -0.2) is 37.9 Å². The molecule has 3 N–H and O–H groups in total. The SMILES string of the molecule is CCC(C)NC(=O)[C@H](C)Nc1nc(-c2c[nH]c3ncc(Cl)cc23)ncc1F. The normalized spacial score (nSPS) is 13.4. The van der Waals surface area contributed by atoms with Crippen molar-refractivity contribution in [1.29, 1.82) is 0 Å². The van der Waals surface area contributed by atoms with Crippen LogP contribution in [0.2, 0.25) is 5.02 Å². The lowest BCUT2D eigenvalue weighted by molar-refractivity contribution is -0.122. The van der Waals surface area contributed by atoms with Crippen molar-refractivity contribution >= 4 is 34.4 Å². The molecule has 2 atom stereocenters. The predicted molar refractivity (Wildman–Crippen MR) is 103 cm³/mol. The molecule has 3 rings (SSSR count). The van der Waals surface area contributed by atoms with Crippen LogP contribution in [-0.2, 0) is 4.79 Å². The summed E-state index contributed by atoms with van der Waals surface area (Å²) >= 11 is 6.01. The molecule has 1 unspecified atom stereocenters. The second-order valence-electron chi connectivity index (χ2n) is 6.33. The number of hydrogen-bond acceptors (Lipinski definition) is 5. The highest BCUT2D eigenvalue weighted by atomic mass is 35.5. The van der Waals surface area contributed by atoms with Crippen LogP contribution in [0.15, 0.2) is 24.7 Å². The summed E-state index contributed by atoms with van der Waals surface area (Å²) in [6, 6.07) is 1.11. The maximum atomic E-state index is 14.2. The van der Waals surface area contributed by atoms with E-state index in [4.69, 9.17) is 11.6 Å². The van der Waals surface area contributed by atoms with E-state index in [0.717, 1.165) is 18.0 Å². The quantitative estimate of drug-likeness (QED) is 0.598. The molecule has 0 bridgehead atoms. The van der Waals surface area contributed by atoms with Gasteiger partial charge in [0.25, 0.3) is 0 Å². The highest BCUT2D eigenvalue weighted by Crippen LogP contribution is 2.28. The lowest BCUT2D eigenvalue weighted by atomic mass is 10.2. The van der Waals surface area contributed by atoms with Gasteiger partial charge in [-0.2, -0.15) is 0 Å². The molecule has 9 heteroatoms. The number of anilines is 1. The Balaban J connectivity index is 1.88. The van der Waals surface area contributed by atoms with E-state index in [2.05, 4.69) is 30.6 Å². The molecule has 0 radical (unpaired) electrons. The number of H-pyrrole nitrogens is 1. The predicted octanol–water partition coefficient (Wildman–Crippen LogP) is 3.53. The van der Waals surface area contributed by atoms with Crippen molar-refractivity contribution < 1.29 is 9.18 Å². The first kappa shape index (κ1) is 19.0. The number of hydrogen-bond donors (Lipinski definition) is 3. The molecule has 0 spiro atoms. The molecule has 27 heavy (non-hydrogen) atoms. The Labute approximate surface area is 160 Å². The van der Waals surface area contributed by atoms with Gasteiger partial charge in [0.2, 0.25) is 5.91 Å². The molecule has 7 nitrogen and oxygen atoms in total. The van der Waals surface area contributed by atoms with Gasteiger partial charge in [-0.3, -0.25) is 4.79 Å². The van der Waals surface area contributed by atoms with Gasteiger partial charge in [-0.05, 0) is 26.3 Å². The zero-order chi connectivity index (χ0) is 19.6. The molecule has 0 aliphatic carbocycles. The number of halogens is 2. The molecular formula is C18H20ClFN6O. The number of aromatic nitrogens is 4. The summed E-state index contributed by atoms with van der Waals surface area (Å²) in [7, 11) is 0. The van der Waals surface area contributed by atoms with Crippen LogP contribution in [0.5, 0.6) is 0 Å². The zero-order valence-electron chi connectivity index (χ0n) is 15.2. The Bertz CT molecular complexity index is 976. The summed E-state index contributed by atoms with van der Waals surface area (Å²) in [5.41, 5.74) is 1.26. The van der Waals surface area contributed by atoms with Crippen molar-refractivity contribution in [2.24, 2.45) is 0 Å². The molecule has 1 amide bonds. The lowest BCUT2D eigenvalue weighted by Gasteiger charge is -2.18. The Morgan fingerprint density at radius 2 is 2.11 bits per heavy atom. The summed E-state index contributed by atoms with van der Waals surface area (Å²) in [5.74, 6) is -0.621. The molecule has 3 aromatic rings. The molecule has 0 fully saturated rings. The van der Waals surface area contributed by atoms with Gasteiger partial charge in [-0.15, -0.1) is 0 Å². The molecule has 0 saturated heterocycles. The Hall–Kier alpha value is -2.74. The van der Waals surface area contributed by atoms with Crippen LogP contribution in [0.3, 0.4) is 0 Å². The number of pyridine rings is 1. The van der Waals surface area contributed by atoms with Crippen LogP contribution in [0.1, 0.15) is 27.2 Å². The van der Waals surface area contributed by atoms with Gasteiger partial charge in [0.15, 0.2) is 17.5 Å². The smallest absolute Gasteiger partial charge is 0.242 e. The highest BCUT2D eigenvalue weighted by Gasteiger charge is 2.19. The second kappa shape index (κ2) is 7.87. The minimum atomic E-state index is -0.657. The summed E-state index contributed by atoms with van der Waals surface area (Å²) in [6.45, 7) is 5.53. The van der Waals surface area contributed by atoms with Gasteiger partial charge in [-0.1, -0.05) is 18.5 Å². The third kappa shape index (κ3) is 4.16. The van der Waals surface area contributed by atoms with Crippen molar-refractivity contribution in [2.75, 3.05) is 5.32 Å². The van der Waals surface area contributed by atoms with E-state index in [1.807, 2.05) is 13.8 Å². The average Bonchev–Trinajstić information content (AvgIpc) is 3.06. The van der Waals surface area contributed by atoms with Crippen LogP contribution >= 0.6 is 11.6 Å². The van der Waals surface area contributed by atoms with Gasteiger partial charge in [-0.25, -0.2) is 19.3 Å². The number of fused-ring (bicyclic) bond motifs is 1. The van der Waals surface area contributed by atoms with Crippen LogP contribution in [0.25, 0.3) is 22.4 Å². The zero-order valence-corrected chi connectivity index (χ0v) is 15.9. The first-order valence-electron chi connectivity index (χ1n) is 8.61. The minimum absolute atomic E-state index is 0.0380. The number of amides is 1. The monoisotopic (exact) mass is 390 g/mol. The molecule has 142 valence electrons. The fourth-order valence-corrected chi connectivity index (χ4v) is 2.66. The van der Waals surface area contributed by atoms with Crippen molar-refractivity contribution in [3.8, 4) is 11.4 Å². The average molecular weight is 391 g/mol. The standard InChI is InChI=1S/C18H20ClFN6O/c1-4-9(2)24-18(27)10(3)25-17-14(20)8-23-16(26-17)13-7-22-15-12(13)5-11(19)6-21-15/h5-10H,4H2,1-3H3,(H,21,22)(H,24,27)(H,23,25,26)/t9?,10-/m0/s1. The fraction of sp³-hybridized carbons (Fsp3) is 0.333. The van der Waals surface area contributed by atoms with Crippen LogP contribution in [0.4, 0.5) is 10.2 Å². The summed E-state index contributed by atoms with van der Waals surface area (Å²) in [5, 5.41) is 6.85. The maximum Gasteiger partial charge on any atom is 0.242 e. The van der Waals surface area contributed by atoms with E-state index in [9.17, 15) is 9.18 Å². The highest BCUT2D eigenvalue weighted by molar-refractivity contribution is 6.31. The van der Waals surface area contributed by atoms with Crippen molar-refractivity contribution in [1.82, 2.24) is 25.3 Å². The summed E-state index contributed by atoms with van der Waals surface area (Å²) < 4.78 is 14.2. The lowest BCUT2D eigenvalue weighted by Crippen LogP contribution is -2.42. The molecule has 0 aliphatic heterocycles. The van der Waals surface area contributed by atoms with Crippen molar-refractivity contribution in [3.63, 3.8) is 0 Å². The van der Waals surface area contributed by atoms with E-state index >= 15 is 0 Å². The maximum absolute atomic E-state index is 14.2. The number of nitrogens with one attached hydrogen (secondary N) is 3. The van der Waals surface area contributed by atoms with Crippen molar-refractivity contribution in [2.45, 2.75) is 39.3 Å². The van der Waals surface area contributed by atoms with E-state index in [1.54, 1.807) is 19.2 Å². The third-order valence-electron chi connectivity index (χ3n) is 4.23. The Kier molecular flexibility index (Phi) is 5.55. The fourth-order valence-electron chi connectivity index (χ4n) is 2.50. The van der Waals surface area contributed by atoms with E-state index in [0.29, 0.717) is 22.1 Å². The van der Waals surface area contributed by atoms with Gasteiger partial charge in [0, 0.05) is 29.4 Å². The van der Waals surface area contributed by atoms with E-state index in [1.165, 1.54) is 6.20 Å². The largest absolute Gasteiger partial charge is 0.356 e. The van der Waals surface area contributed by atoms with E-state index < -0.39 is 11.9 Å². The molecular weight excluding hydrogens is 371 g/mol. The van der Waals surface area contributed by atoms with Crippen molar-refractivity contribution in [3.05, 3.63) is 35.5 Å². The second-order valence-corrected chi connectivity index (χ2v) is 6.76. The first-order chi connectivity index (χ1) is 12.9. The molecule has 0 saturated carbocycles. The molecule has 0 aromatic carbocycles. The van der Waals surface area contributed by atoms with Gasteiger partial charge >= 0.3 is 0 Å². The Morgan fingerprint density at radius 3 is 2.85 bits per heavy atom. The first-order valence-corrected chi connectivity index (χ1v) is 8.99. The molecule has 3 aromatic heterocycles. The van der Waals surface area contributed by atoms with Gasteiger partial charge < -0.3 is 15.6 Å². The summed E-state index contributed by atoms with van der Waals surface area (Å²) in [4.78, 5) is 27.7. The number of aromatic amines is 1. The van der Waals surface area contributed by atoms with Crippen LogP contribution < -0.4 is 10.6 Å². The van der Waals surface area contributed by atoms with E-state index in [-0.39, 0.29) is 17.8 Å². The summed E-state index contributed by atoms with van der Waals surface area (Å²) in [6.07, 6.45) is 5.09. The number of rotatable bonds is 6. The molecule has 0 aliphatic rings. The molecule has 3 heterocycles. The van der Waals surface area contributed by atoms with Gasteiger partial charge in [0.05, 0.1) is 11.2 Å². The Morgan fingerprint density at radius 1 is 1.33 bits per heavy atom. The number of nitrogens with zero attached hydrogens (tertiary/aromatic N) is 3. The third-order valence-corrected chi connectivity index (χ3v) is 4.44. The number of carbonyl (C=O) groups excluding carboxylic acids is 1. The van der Waals surface area contributed by atoms with Crippen LogP contribution in [0, 0.1) is 5.82 Å². The topological polar surface area (TPSA) is 95.6 Å². The van der Waals surface area contributed by atoms with Gasteiger partial charge in [0.1, 0.15) is 11.7 Å². The minimum Gasteiger partial charge on any atom is -0.356 e. The number of carbonyl (C=O) groups is 1.